The summed E-state index contributed by atoms with van der Waals surface area (Å²) in [6, 6.07) is 10.2. The molecular weight excluding hydrogens is 288 g/mol. The third-order valence-corrected chi connectivity index (χ3v) is 4.88. The van der Waals surface area contributed by atoms with E-state index in [0.29, 0.717) is 6.54 Å². The highest BCUT2D eigenvalue weighted by molar-refractivity contribution is 6.04. The molecule has 1 aromatic rings. The zero-order valence-corrected chi connectivity index (χ0v) is 14.7. The predicted octanol–water partition coefficient (Wildman–Crippen LogP) is 1.34. The van der Waals surface area contributed by atoms with Crippen molar-refractivity contribution in [1.82, 2.24) is 4.90 Å². The van der Waals surface area contributed by atoms with Crippen molar-refractivity contribution in [3.63, 3.8) is 0 Å². The number of hydrogen-bond donors (Lipinski definition) is 1. The minimum Gasteiger partial charge on any atom is -0.340 e. The summed E-state index contributed by atoms with van der Waals surface area (Å²) in [4.78, 5) is 27.9. The lowest BCUT2D eigenvalue weighted by molar-refractivity contribution is -0.858. The lowest BCUT2D eigenvalue weighted by atomic mass is 9.85. The van der Waals surface area contributed by atoms with Gasteiger partial charge in [-0.1, -0.05) is 44.2 Å². The molecule has 1 heterocycles. The van der Waals surface area contributed by atoms with Crippen LogP contribution in [0.25, 0.3) is 0 Å². The maximum absolute atomic E-state index is 12.7. The van der Waals surface area contributed by atoms with Gasteiger partial charge in [0.2, 0.25) is 11.8 Å². The molecule has 3 atom stereocenters. The molecule has 4 nitrogen and oxygen atoms in total. The average Bonchev–Trinajstić information content (AvgIpc) is 2.73. The standard InChI is InChI=1S/C19H28N2O2/c1-14(16-9-6-5-7-10-16)13-17-15(2)18(22)21(19(17)23)12-8-11-20(3)4/h5-7,9-10,14-15,17H,8,11-13H2,1-4H3/p+1. The van der Waals surface area contributed by atoms with E-state index in [0.717, 1.165) is 19.4 Å². The second-order valence-electron chi connectivity index (χ2n) is 7.08. The van der Waals surface area contributed by atoms with Gasteiger partial charge < -0.3 is 4.90 Å². The van der Waals surface area contributed by atoms with Gasteiger partial charge in [0.25, 0.3) is 0 Å². The van der Waals surface area contributed by atoms with Crippen molar-refractivity contribution >= 4 is 11.8 Å². The van der Waals surface area contributed by atoms with Crippen molar-refractivity contribution in [2.24, 2.45) is 11.8 Å². The van der Waals surface area contributed by atoms with E-state index in [4.69, 9.17) is 0 Å². The Balaban J connectivity index is 1.99. The van der Waals surface area contributed by atoms with E-state index in [9.17, 15) is 9.59 Å². The van der Waals surface area contributed by atoms with Gasteiger partial charge in [-0.2, -0.15) is 0 Å². The fourth-order valence-corrected chi connectivity index (χ4v) is 3.36. The maximum Gasteiger partial charge on any atom is 0.233 e. The fourth-order valence-electron chi connectivity index (χ4n) is 3.36. The number of carbonyl (C=O) groups is 2. The second-order valence-corrected chi connectivity index (χ2v) is 7.08. The van der Waals surface area contributed by atoms with Crippen LogP contribution in [-0.2, 0) is 9.59 Å². The molecule has 0 spiro atoms. The lowest BCUT2D eigenvalue weighted by Gasteiger charge is -2.18. The Bertz CT molecular complexity index is 542. The summed E-state index contributed by atoms with van der Waals surface area (Å²) in [6.45, 7) is 5.57. The van der Waals surface area contributed by atoms with Crippen molar-refractivity contribution in [2.75, 3.05) is 27.2 Å². The minimum absolute atomic E-state index is 0.00835. The zero-order chi connectivity index (χ0) is 17.0. The molecule has 0 aromatic heterocycles. The molecule has 23 heavy (non-hydrogen) atoms. The van der Waals surface area contributed by atoms with E-state index in [1.807, 2.05) is 25.1 Å². The molecule has 1 aromatic carbocycles. The highest BCUT2D eigenvalue weighted by Crippen LogP contribution is 2.34. The molecule has 3 unspecified atom stereocenters. The molecule has 1 aliphatic rings. The summed E-state index contributed by atoms with van der Waals surface area (Å²) >= 11 is 0. The number of imide groups is 1. The van der Waals surface area contributed by atoms with Crippen molar-refractivity contribution in [3.8, 4) is 0 Å². The van der Waals surface area contributed by atoms with Crippen LogP contribution in [0.5, 0.6) is 0 Å². The molecule has 126 valence electrons. The van der Waals surface area contributed by atoms with Gasteiger partial charge in [0.05, 0.1) is 26.6 Å². The Hall–Kier alpha value is -1.68. The molecular formula is C19H29N2O2+. The summed E-state index contributed by atoms with van der Waals surface area (Å²) in [5.74, 6) is -0.0515. The summed E-state index contributed by atoms with van der Waals surface area (Å²) in [7, 11) is 4.17. The van der Waals surface area contributed by atoms with Crippen LogP contribution < -0.4 is 4.90 Å². The molecule has 4 heteroatoms. The number of rotatable bonds is 7. The van der Waals surface area contributed by atoms with E-state index in [1.165, 1.54) is 15.4 Å². The summed E-state index contributed by atoms with van der Waals surface area (Å²) in [6.07, 6.45) is 1.61. The van der Waals surface area contributed by atoms with Crippen LogP contribution in [0.2, 0.25) is 0 Å². The van der Waals surface area contributed by atoms with Gasteiger partial charge in [-0.05, 0) is 17.9 Å². The quantitative estimate of drug-likeness (QED) is 0.771. The number of nitrogens with zero attached hydrogens (tertiary/aromatic N) is 1. The third-order valence-electron chi connectivity index (χ3n) is 4.88. The van der Waals surface area contributed by atoms with Gasteiger partial charge in [-0.25, -0.2) is 0 Å². The Kier molecular flexibility index (Phi) is 5.94. The van der Waals surface area contributed by atoms with Gasteiger partial charge >= 0.3 is 0 Å². The van der Waals surface area contributed by atoms with Crippen LogP contribution in [-0.4, -0.2) is 43.9 Å². The van der Waals surface area contributed by atoms with Crippen LogP contribution in [0.4, 0.5) is 0 Å². The lowest BCUT2D eigenvalue weighted by Crippen LogP contribution is -3.05. The summed E-state index contributed by atoms with van der Waals surface area (Å²) < 4.78 is 0. The molecule has 2 amide bonds. The van der Waals surface area contributed by atoms with Crippen LogP contribution in [0.3, 0.4) is 0 Å². The van der Waals surface area contributed by atoms with Crippen molar-refractivity contribution in [2.45, 2.75) is 32.6 Å². The average molecular weight is 317 g/mol. The normalized spacial score (nSPS) is 22.9. The molecule has 0 aliphatic carbocycles. The SMILES string of the molecule is CC(CC1C(=O)N(CCC[NH+](C)C)C(=O)C1C)c1ccccc1. The molecule has 0 radical (unpaired) electrons. The Morgan fingerprint density at radius 2 is 1.78 bits per heavy atom. The number of nitrogens with one attached hydrogen (secondary N) is 1. The van der Waals surface area contributed by atoms with E-state index in [2.05, 4.69) is 33.2 Å². The number of carbonyl (C=O) groups excluding carboxylic acids is 2. The Morgan fingerprint density at radius 3 is 2.39 bits per heavy atom. The van der Waals surface area contributed by atoms with Crippen LogP contribution in [0.15, 0.2) is 30.3 Å². The Morgan fingerprint density at radius 1 is 1.13 bits per heavy atom. The highest BCUT2D eigenvalue weighted by atomic mass is 16.2. The summed E-state index contributed by atoms with van der Waals surface area (Å²) in [5, 5.41) is 0. The first-order valence-electron chi connectivity index (χ1n) is 8.61. The first-order valence-corrected chi connectivity index (χ1v) is 8.61. The Labute approximate surface area is 139 Å². The second kappa shape index (κ2) is 7.73. The highest BCUT2D eigenvalue weighted by Gasteiger charge is 2.44. The van der Waals surface area contributed by atoms with Crippen LogP contribution in [0, 0.1) is 11.8 Å². The van der Waals surface area contributed by atoms with Crippen molar-refractivity contribution in [1.29, 1.82) is 0 Å². The van der Waals surface area contributed by atoms with Gasteiger partial charge in [-0.15, -0.1) is 0 Å². The number of likely N-dealkylation sites (tertiary alicyclic amines) is 1. The molecule has 1 aliphatic heterocycles. The molecule has 0 bridgehead atoms. The van der Waals surface area contributed by atoms with Gasteiger partial charge in [0.1, 0.15) is 0 Å². The number of benzene rings is 1. The van der Waals surface area contributed by atoms with Gasteiger partial charge in [-0.3, -0.25) is 14.5 Å². The van der Waals surface area contributed by atoms with Gasteiger partial charge in [0.15, 0.2) is 0 Å². The minimum atomic E-state index is -0.194. The van der Waals surface area contributed by atoms with E-state index in [-0.39, 0.29) is 29.6 Å². The van der Waals surface area contributed by atoms with Gasteiger partial charge in [0, 0.05) is 18.9 Å². The van der Waals surface area contributed by atoms with E-state index in [1.54, 1.807) is 0 Å². The van der Waals surface area contributed by atoms with Crippen molar-refractivity contribution in [3.05, 3.63) is 35.9 Å². The topological polar surface area (TPSA) is 41.8 Å². The fraction of sp³-hybridized carbons (Fsp3) is 0.579. The van der Waals surface area contributed by atoms with E-state index >= 15 is 0 Å². The molecule has 1 N–H and O–H groups in total. The van der Waals surface area contributed by atoms with Crippen molar-refractivity contribution < 1.29 is 14.5 Å². The molecule has 0 saturated carbocycles. The van der Waals surface area contributed by atoms with Crippen LogP contribution >= 0.6 is 0 Å². The zero-order valence-electron chi connectivity index (χ0n) is 14.7. The number of quaternary nitrogens is 1. The third kappa shape index (κ3) is 4.20. The first-order chi connectivity index (χ1) is 10.9. The number of hydrogen-bond acceptors (Lipinski definition) is 2. The summed E-state index contributed by atoms with van der Waals surface area (Å²) in [5.41, 5.74) is 1.23. The number of amides is 2. The maximum atomic E-state index is 12.7. The predicted molar refractivity (Wildman–Crippen MR) is 91.1 cm³/mol. The van der Waals surface area contributed by atoms with Crippen LogP contribution in [0.1, 0.15) is 38.2 Å². The monoisotopic (exact) mass is 317 g/mol. The smallest absolute Gasteiger partial charge is 0.233 e. The molecule has 2 rings (SSSR count). The first kappa shape index (κ1) is 17.7. The largest absolute Gasteiger partial charge is 0.340 e. The van der Waals surface area contributed by atoms with E-state index < -0.39 is 0 Å². The molecule has 1 saturated heterocycles. The molecule has 1 fully saturated rings.